The van der Waals surface area contributed by atoms with E-state index in [4.69, 9.17) is 4.74 Å². The fraction of sp³-hybridized carbons (Fsp3) is 0.375. The highest BCUT2D eigenvalue weighted by Gasteiger charge is 2.46. The van der Waals surface area contributed by atoms with E-state index in [1.54, 1.807) is 50.2 Å². The maximum absolute atomic E-state index is 13.4. The van der Waals surface area contributed by atoms with Crippen LogP contribution < -0.4 is 10.2 Å². The van der Waals surface area contributed by atoms with Crippen LogP contribution in [0.15, 0.2) is 48.5 Å². The lowest BCUT2D eigenvalue weighted by Gasteiger charge is -2.42. The van der Waals surface area contributed by atoms with E-state index in [-0.39, 0.29) is 11.7 Å². The average molecular weight is 424 g/mol. The number of halogens is 1. The zero-order valence-corrected chi connectivity index (χ0v) is 17.6. The van der Waals surface area contributed by atoms with E-state index in [9.17, 15) is 18.8 Å². The predicted molar refractivity (Wildman–Crippen MR) is 114 cm³/mol. The molecule has 7 heteroatoms. The maximum atomic E-state index is 13.4. The molecule has 1 N–H and O–H groups in total. The number of para-hydroxylation sites is 2. The highest BCUT2D eigenvalue weighted by atomic mass is 19.1. The third-order valence-corrected chi connectivity index (χ3v) is 6.33. The number of anilines is 2. The molecule has 1 fully saturated rings. The van der Waals surface area contributed by atoms with E-state index in [0.717, 1.165) is 12.8 Å². The molecule has 162 valence electrons. The zero-order chi connectivity index (χ0) is 22.2. The Morgan fingerprint density at radius 2 is 1.71 bits per heavy atom. The molecule has 2 aliphatic rings. The summed E-state index contributed by atoms with van der Waals surface area (Å²) in [5.74, 6) is -1.65. The topological polar surface area (TPSA) is 75.7 Å². The van der Waals surface area contributed by atoms with Crippen molar-refractivity contribution in [2.45, 2.75) is 50.5 Å². The standard InChI is InChI=1S/C24H25FN2O4/c1-23(2)21(29)26-18-7-3-4-8-19(18)27(23)20(28)15-31-22(30)24(13-5-6-14-24)16-9-11-17(25)12-10-16/h3-4,7-12H,5-6,13-15H2,1-2H3,(H,26,29). The largest absolute Gasteiger partial charge is 0.455 e. The van der Waals surface area contributed by atoms with Gasteiger partial charge in [-0.3, -0.25) is 19.3 Å². The number of amides is 2. The number of fused-ring (bicyclic) bond motifs is 1. The minimum Gasteiger partial charge on any atom is -0.455 e. The first-order chi connectivity index (χ1) is 14.8. The fourth-order valence-electron chi connectivity index (χ4n) is 4.59. The number of hydrogen-bond acceptors (Lipinski definition) is 4. The fourth-order valence-corrected chi connectivity index (χ4v) is 4.59. The Balaban J connectivity index is 1.56. The maximum Gasteiger partial charge on any atom is 0.317 e. The van der Waals surface area contributed by atoms with Crippen LogP contribution in [-0.4, -0.2) is 29.9 Å². The molecule has 4 rings (SSSR count). The van der Waals surface area contributed by atoms with Crippen LogP contribution in [0.4, 0.5) is 15.8 Å². The van der Waals surface area contributed by atoms with Crippen molar-refractivity contribution >= 4 is 29.2 Å². The molecule has 2 aromatic carbocycles. The Hall–Kier alpha value is -3.22. The summed E-state index contributed by atoms with van der Waals surface area (Å²) in [5.41, 5.74) is -0.222. The number of ether oxygens (including phenoxy) is 1. The summed E-state index contributed by atoms with van der Waals surface area (Å²) in [7, 11) is 0. The normalized spacial score (nSPS) is 18.8. The molecule has 0 bridgehead atoms. The molecule has 2 amide bonds. The quantitative estimate of drug-likeness (QED) is 0.755. The summed E-state index contributed by atoms with van der Waals surface area (Å²) < 4.78 is 18.9. The van der Waals surface area contributed by atoms with Crippen molar-refractivity contribution < 1.29 is 23.5 Å². The van der Waals surface area contributed by atoms with Crippen molar-refractivity contribution in [2.24, 2.45) is 0 Å². The van der Waals surface area contributed by atoms with Gasteiger partial charge in [0.25, 0.3) is 5.91 Å². The number of nitrogens with one attached hydrogen (secondary N) is 1. The Morgan fingerprint density at radius 3 is 2.39 bits per heavy atom. The number of benzene rings is 2. The van der Waals surface area contributed by atoms with Crippen LogP contribution in [0.2, 0.25) is 0 Å². The second-order valence-corrected chi connectivity index (χ2v) is 8.63. The molecule has 0 spiro atoms. The van der Waals surface area contributed by atoms with Gasteiger partial charge in [-0.05, 0) is 56.5 Å². The van der Waals surface area contributed by atoms with Crippen molar-refractivity contribution in [3.63, 3.8) is 0 Å². The van der Waals surface area contributed by atoms with Crippen LogP contribution in [0.25, 0.3) is 0 Å². The second-order valence-electron chi connectivity index (χ2n) is 8.63. The van der Waals surface area contributed by atoms with Gasteiger partial charge >= 0.3 is 5.97 Å². The molecule has 0 saturated heterocycles. The molecule has 0 radical (unpaired) electrons. The Bertz CT molecular complexity index is 1030. The van der Waals surface area contributed by atoms with Gasteiger partial charge in [-0.1, -0.05) is 37.1 Å². The third-order valence-electron chi connectivity index (χ3n) is 6.33. The molecule has 31 heavy (non-hydrogen) atoms. The first kappa shape index (κ1) is 21.0. The number of rotatable bonds is 4. The van der Waals surface area contributed by atoms with Crippen LogP contribution in [0.3, 0.4) is 0 Å². The van der Waals surface area contributed by atoms with Crippen LogP contribution in [0.1, 0.15) is 45.1 Å². The summed E-state index contributed by atoms with van der Waals surface area (Å²) in [6.07, 6.45) is 2.89. The molecule has 0 atom stereocenters. The van der Waals surface area contributed by atoms with Gasteiger partial charge in [0, 0.05) is 0 Å². The van der Waals surface area contributed by atoms with Crippen molar-refractivity contribution in [2.75, 3.05) is 16.8 Å². The minimum atomic E-state index is -1.14. The van der Waals surface area contributed by atoms with Crippen LogP contribution in [0.5, 0.6) is 0 Å². The van der Waals surface area contributed by atoms with Crippen molar-refractivity contribution in [1.29, 1.82) is 0 Å². The summed E-state index contributed by atoms with van der Waals surface area (Å²) in [6, 6.07) is 12.9. The zero-order valence-electron chi connectivity index (χ0n) is 17.6. The highest BCUT2D eigenvalue weighted by molar-refractivity contribution is 6.14. The molecule has 2 aromatic rings. The van der Waals surface area contributed by atoms with E-state index in [1.165, 1.54) is 17.0 Å². The molecule has 1 aliphatic heterocycles. The van der Waals surface area contributed by atoms with Gasteiger partial charge in [-0.25, -0.2) is 4.39 Å². The number of nitrogens with zero attached hydrogens (tertiary/aromatic N) is 1. The number of hydrogen-bond donors (Lipinski definition) is 1. The van der Waals surface area contributed by atoms with Gasteiger partial charge in [0.15, 0.2) is 6.61 Å². The van der Waals surface area contributed by atoms with Crippen molar-refractivity contribution in [1.82, 2.24) is 0 Å². The third kappa shape index (κ3) is 3.58. The van der Waals surface area contributed by atoms with E-state index in [0.29, 0.717) is 29.8 Å². The number of esters is 1. The Kier molecular flexibility index (Phi) is 5.29. The van der Waals surface area contributed by atoms with E-state index < -0.39 is 29.4 Å². The summed E-state index contributed by atoms with van der Waals surface area (Å²) in [5, 5.41) is 2.81. The Labute approximate surface area is 180 Å². The minimum absolute atomic E-state index is 0.315. The summed E-state index contributed by atoms with van der Waals surface area (Å²) in [4.78, 5) is 40.2. The lowest BCUT2D eigenvalue weighted by atomic mass is 9.79. The van der Waals surface area contributed by atoms with Crippen molar-refractivity contribution in [3.05, 3.63) is 59.9 Å². The van der Waals surface area contributed by atoms with Gasteiger partial charge in [-0.15, -0.1) is 0 Å². The molecule has 0 unspecified atom stereocenters. The highest BCUT2D eigenvalue weighted by Crippen LogP contribution is 2.42. The van der Waals surface area contributed by atoms with Gasteiger partial charge < -0.3 is 10.1 Å². The summed E-state index contributed by atoms with van der Waals surface area (Å²) >= 11 is 0. The molecular weight excluding hydrogens is 399 g/mol. The van der Waals surface area contributed by atoms with Crippen LogP contribution in [-0.2, 0) is 24.5 Å². The molecule has 1 aliphatic carbocycles. The van der Waals surface area contributed by atoms with Gasteiger partial charge in [-0.2, -0.15) is 0 Å². The SMILES string of the molecule is CC1(C)C(=O)Nc2ccccc2N1C(=O)COC(=O)C1(c2ccc(F)cc2)CCCC1. The lowest BCUT2D eigenvalue weighted by Crippen LogP contribution is -2.59. The van der Waals surface area contributed by atoms with Gasteiger partial charge in [0.1, 0.15) is 11.4 Å². The molecule has 6 nitrogen and oxygen atoms in total. The van der Waals surface area contributed by atoms with Crippen molar-refractivity contribution in [3.8, 4) is 0 Å². The van der Waals surface area contributed by atoms with Gasteiger partial charge in [0.05, 0.1) is 16.8 Å². The average Bonchev–Trinajstić information content (AvgIpc) is 3.24. The van der Waals surface area contributed by atoms with E-state index >= 15 is 0 Å². The molecular formula is C24H25FN2O4. The monoisotopic (exact) mass is 424 g/mol. The molecule has 1 heterocycles. The second kappa shape index (κ2) is 7.80. The predicted octanol–water partition coefficient (Wildman–Crippen LogP) is 3.94. The van der Waals surface area contributed by atoms with Crippen LogP contribution in [0, 0.1) is 5.82 Å². The van der Waals surface area contributed by atoms with E-state index in [1.807, 2.05) is 0 Å². The first-order valence-electron chi connectivity index (χ1n) is 10.4. The lowest BCUT2D eigenvalue weighted by molar-refractivity contribution is -0.154. The molecule has 0 aromatic heterocycles. The molecule has 1 saturated carbocycles. The summed E-state index contributed by atoms with van der Waals surface area (Å²) in [6.45, 7) is 2.82. The first-order valence-corrected chi connectivity index (χ1v) is 10.4. The number of carbonyl (C=O) groups excluding carboxylic acids is 3. The number of carbonyl (C=O) groups is 3. The smallest absolute Gasteiger partial charge is 0.317 e. The van der Waals surface area contributed by atoms with Gasteiger partial charge in [0.2, 0.25) is 5.91 Å². The van der Waals surface area contributed by atoms with Crippen LogP contribution >= 0.6 is 0 Å². The Morgan fingerprint density at radius 1 is 1.06 bits per heavy atom. The van der Waals surface area contributed by atoms with E-state index in [2.05, 4.69) is 5.32 Å².